The molecule has 1 atom stereocenters. The molecule has 45 heavy (non-hydrogen) atoms. The molecule has 0 saturated carbocycles. The number of nitrogens with zero attached hydrogens (tertiary/aromatic N) is 2. The van der Waals surface area contributed by atoms with Crippen LogP contribution in [0, 0.1) is 11.3 Å². The monoisotopic (exact) mass is 616 g/mol. The molecule has 0 bridgehead atoms. The van der Waals surface area contributed by atoms with E-state index in [2.05, 4.69) is 26.8 Å². The highest BCUT2D eigenvalue weighted by Crippen LogP contribution is 2.45. The van der Waals surface area contributed by atoms with Crippen LogP contribution >= 0.6 is 11.6 Å². The Bertz CT molecular complexity index is 1930. The predicted octanol–water partition coefficient (Wildman–Crippen LogP) is 9.40. The van der Waals surface area contributed by atoms with Crippen molar-refractivity contribution in [3.05, 3.63) is 118 Å². The number of hydrogen-bond acceptors (Lipinski definition) is 4. The van der Waals surface area contributed by atoms with E-state index in [1.54, 1.807) is 4.90 Å². The first-order valence-corrected chi connectivity index (χ1v) is 15.8. The zero-order valence-electron chi connectivity index (χ0n) is 26.1. The maximum absolute atomic E-state index is 14.1. The summed E-state index contributed by atoms with van der Waals surface area (Å²) in [6.07, 6.45) is 3.66. The van der Waals surface area contributed by atoms with Crippen LogP contribution in [0.3, 0.4) is 0 Å². The Morgan fingerprint density at radius 2 is 1.60 bits per heavy atom. The average Bonchev–Trinajstić information content (AvgIpc) is 3.03. The van der Waals surface area contributed by atoms with Crippen molar-refractivity contribution in [3.63, 3.8) is 0 Å². The lowest BCUT2D eigenvalue weighted by atomic mass is 9.69. The third kappa shape index (κ3) is 6.23. The summed E-state index contributed by atoms with van der Waals surface area (Å²) in [6, 6.07) is 29.3. The molecular weight excluding hydrogens is 580 g/mol. The van der Waals surface area contributed by atoms with Crippen molar-refractivity contribution >= 4 is 62.5 Å². The van der Waals surface area contributed by atoms with Gasteiger partial charge in [-0.3, -0.25) is 4.79 Å². The molecule has 4 aromatic carbocycles. The molecule has 5 nitrogen and oxygen atoms in total. The molecule has 0 spiro atoms. The van der Waals surface area contributed by atoms with Crippen molar-refractivity contribution in [3.8, 4) is 0 Å². The van der Waals surface area contributed by atoms with E-state index in [1.807, 2.05) is 97.9 Å². The number of anilines is 1. The topological polar surface area (TPSA) is 59.5 Å². The zero-order valence-corrected chi connectivity index (χ0v) is 26.9. The maximum atomic E-state index is 14.1. The minimum Gasteiger partial charge on any atom is -0.452 e. The molecule has 0 N–H and O–H groups in total. The van der Waals surface area contributed by atoms with E-state index in [1.165, 1.54) is 0 Å². The van der Waals surface area contributed by atoms with Gasteiger partial charge in [-0.25, -0.2) is 9.78 Å². The number of fused-ring (bicyclic) bond motifs is 3. The van der Waals surface area contributed by atoms with Crippen LogP contribution in [0.25, 0.3) is 33.3 Å². The molecule has 6 rings (SSSR count). The van der Waals surface area contributed by atoms with E-state index in [0.717, 1.165) is 56.2 Å². The number of ether oxygens (including phenoxy) is 1. The van der Waals surface area contributed by atoms with Crippen LogP contribution < -0.4 is 4.90 Å². The van der Waals surface area contributed by atoms with Gasteiger partial charge in [0.1, 0.15) is 0 Å². The molecule has 0 fully saturated rings. The van der Waals surface area contributed by atoms with E-state index in [9.17, 15) is 9.59 Å². The smallest absolute Gasteiger partial charge is 0.339 e. The molecule has 6 heteroatoms. The van der Waals surface area contributed by atoms with E-state index in [-0.39, 0.29) is 23.8 Å². The number of carbonyl (C=O) groups excluding carboxylic acids is 2. The SMILES string of the molecule is CCN(C(=O)COC(=O)c1c2c(nc3ccccc13)/C(=C/c1ccc(Cl)cc1)C[C@H](C(C)(C)C)C2)c1cccc2ccccc12. The first-order chi connectivity index (χ1) is 21.6. The van der Waals surface area contributed by atoms with Gasteiger partial charge in [-0.2, -0.15) is 0 Å². The molecule has 0 unspecified atom stereocenters. The van der Waals surface area contributed by atoms with Gasteiger partial charge in [0, 0.05) is 22.3 Å². The maximum Gasteiger partial charge on any atom is 0.339 e. The van der Waals surface area contributed by atoms with E-state index in [4.69, 9.17) is 21.3 Å². The summed E-state index contributed by atoms with van der Waals surface area (Å²) in [5, 5.41) is 3.43. The van der Waals surface area contributed by atoms with Crippen LogP contribution in [0.1, 0.15) is 61.3 Å². The van der Waals surface area contributed by atoms with Crippen LogP contribution in [0.2, 0.25) is 5.02 Å². The van der Waals surface area contributed by atoms with Gasteiger partial charge in [-0.1, -0.05) is 99.1 Å². The minimum atomic E-state index is -0.507. The van der Waals surface area contributed by atoms with Gasteiger partial charge in [0.15, 0.2) is 6.61 Å². The lowest BCUT2D eigenvalue weighted by molar-refractivity contribution is -0.121. The third-order valence-corrected chi connectivity index (χ3v) is 9.11. The Kier molecular flexibility index (Phi) is 8.48. The molecule has 1 aromatic heterocycles. The lowest BCUT2D eigenvalue weighted by Gasteiger charge is -2.36. The number of allylic oxidation sites excluding steroid dienone is 1. The Morgan fingerprint density at radius 3 is 2.33 bits per heavy atom. The van der Waals surface area contributed by atoms with Crippen LogP contribution in [-0.4, -0.2) is 30.0 Å². The molecule has 0 radical (unpaired) electrons. The fourth-order valence-corrected chi connectivity index (χ4v) is 6.46. The van der Waals surface area contributed by atoms with Crippen molar-refractivity contribution < 1.29 is 14.3 Å². The van der Waals surface area contributed by atoms with Gasteiger partial charge in [-0.15, -0.1) is 0 Å². The Balaban J connectivity index is 1.38. The second-order valence-electron chi connectivity index (χ2n) is 12.7. The fraction of sp³-hybridized carbons (Fsp3) is 0.256. The number of hydrogen-bond donors (Lipinski definition) is 0. The number of amides is 1. The van der Waals surface area contributed by atoms with Gasteiger partial charge >= 0.3 is 5.97 Å². The van der Waals surface area contributed by atoms with E-state index >= 15 is 0 Å². The number of esters is 1. The fourth-order valence-electron chi connectivity index (χ4n) is 6.33. The molecule has 1 heterocycles. The molecular formula is C39H37ClN2O3. The Morgan fingerprint density at radius 1 is 0.911 bits per heavy atom. The van der Waals surface area contributed by atoms with Gasteiger partial charge in [0.05, 0.1) is 22.5 Å². The molecule has 228 valence electrons. The van der Waals surface area contributed by atoms with Gasteiger partial charge in [-0.05, 0) is 83.5 Å². The van der Waals surface area contributed by atoms with Crippen molar-refractivity contribution in [2.45, 2.75) is 40.5 Å². The Labute approximate surface area is 269 Å². The van der Waals surface area contributed by atoms with E-state index in [0.29, 0.717) is 23.6 Å². The number of pyridine rings is 1. The number of aromatic nitrogens is 1. The summed E-state index contributed by atoms with van der Waals surface area (Å²) in [4.78, 5) is 34.5. The van der Waals surface area contributed by atoms with Crippen molar-refractivity contribution in [1.29, 1.82) is 0 Å². The van der Waals surface area contributed by atoms with Crippen LogP contribution in [0.5, 0.6) is 0 Å². The molecule has 1 aliphatic carbocycles. The number of halogens is 1. The van der Waals surface area contributed by atoms with Gasteiger partial charge in [0.25, 0.3) is 5.91 Å². The summed E-state index contributed by atoms with van der Waals surface area (Å²) >= 11 is 6.17. The highest BCUT2D eigenvalue weighted by atomic mass is 35.5. The second-order valence-corrected chi connectivity index (χ2v) is 13.2. The first kappa shape index (κ1) is 30.5. The predicted molar refractivity (Wildman–Crippen MR) is 185 cm³/mol. The highest BCUT2D eigenvalue weighted by Gasteiger charge is 2.35. The molecule has 1 aliphatic rings. The number of likely N-dealkylation sites (N-methyl/N-ethyl adjacent to an activating group) is 1. The van der Waals surface area contributed by atoms with Crippen LogP contribution in [-0.2, 0) is 16.0 Å². The molecule has 5 aromatic rings. The number of benzene rings is 4. The van der Waals surface area contributed by atoms with Gasteiger partial charge < -0.3 is 9.64 Å². The standard InChI is InChI=1S/C39H37ClN2O3/c1-5-42(34-16-10-12-26-11-6-7-13-30(26)34)35(43)24-45-38(44)36-31-14-8-9-15-33(31)41-37-27(21-25-17-19-29(40)20-18-25)22-28(23-32(36)37)39(2,3)4/h6-21,28H,5,22-24H2,1-4H3/b27-21+/t28-/m0/s1. The zero-order chi connectivity index (χ0) is 31.7. The minimum absolute atomic E-state index is 0.0142. The van der Waals surface area contributed by atoms with Crippen molar-refractivity contribution in [1.82, 2.24) is 4.98 Å². The summed E-state index contributed by atoms with van der Waals surface area (Å²) < 4.78 is 5.88. The van der Waals surface area contributed by atoms with Crippen LogP contribution in [0.15, 0.2) is 91.0 Å². The molecule has 0 aliphatic heterocycles. The van der Waals surface area contributed by atoms with Crippen molar-refractivity contribution in [2.24, 2.45) is 11.3 Å². The summed E-state index contributed by atoms with van der Waals surface area (Å²) in [5.74, 6) is -0.514. The average molecular weight is 617 g/mol. The molecule has 0 saturated heterocycles. The summed E-state index contributed by atoms with van der Waals surface area (Å²) in [7, 11) is 0. The quantitative estimate of drug-likeness (QED) is 0.178. The number of rotatable bonds is 6. The second kappa shape index (κ2) is 12.5. The van der Waals surface area contributed by atoms with E-state index < -0.39 is 5.97 Å². The first-order valence-electron chi connectivity index (χ1n) is 15.5. The number of para-hydroxylation sites is 1. The normalized spacial score (nSPS) is 15.7. The van der Waals surface area contributed by atoms with Gasteiger partial charge in [0.2, 0.25) is 0 Å². The largest absolute Gasteiger partial charge is 0.452 e. The Hall–Kier alpha value is -4.48. The lowest BCUT2D eigenvalue weighted by Crippen LogP contribution is -2.35. The van der Waals surface area contributed by atoms with Crippen molar-refractivity contribution in [2.75, 3.05) is 18.1 Å². The summed E-state index contributed by atoms with van der Waals surface area (Å²) in [6.45, 7) is 8.72. The number of carbonyl (C=O) groups is 2. The highest BCUT2D eigenvalue weighted by molar-refractivity contribution is 6.30. The van der Waals surface area contributed by atoms with Crippen LogP contribution in [0.4, 0.5) is 5.69 Å². The third-order valence-electron chi connectivity index (χ3n) is 8.86. The molecule has 1 amide bonds. The summed E-state index contributed by atoms with van der Waals surface area (Å²) in [5.41, 5.74) is 5.78.